The maximum Gasteiger partial charge on any atom is 0.317 e. The number of carboxylic acids is 1. The lowest BCUT2D eigenvalue weighted by Gasteiger charge is -2.42. The van der Waals surface area contributed by atoms with Gasteiger partial charge in [-0.25, -0.2) is 13.6 Å². The van der Waals surface area contributed by atoms with Crippen LogP contribution in [0.4, 0.5) is 13.6 Å². The number of halogens is 2. The van der Waals surface area contributed by atoms with Crippen molar-refractivity contribution in [2.45, 2.75) is 38.4 Å². The number of amides is 2. The summed E-state index contributed by atoms with van der Waals surface area (Å²) in [5, 5.41) is 14.2. The van der Waals surface area contributed by atoms with Crippen molar-refractivity contribution in [3.63, 3.8) is 0 Å². The van der Waals surface area contributed by atoms with Crippen LogP contribution in [0.25, 0.3) is 0 Å². The minimum Gasteiger partial charge on any atom is -0.480 e. The summed E-state index contributed by atoms with van der Waals surface area (Å²) in [6.07, 6.45) is 1.39. The van der Waals surface area contributed by atoms with Crippen LogP contribution in [0.3, 0.4) is 0 Å². The van der Waals surface area contributed by atoms with Crippen molar-refractivity contribution in [3.05, 3.63) is 35.4 Å². The second-order valence-electron chi connectivity index (χ2n) is 5.85. The lowest BCUT2D eigenvalue weighted by atomic mass is 9.85. The molecule has 132 valence electrons. The predicted octanol–water partition coefficient (Wildman–Crippen LogP) is 1.70. The number of aliphatic carboxylic acids is 1. The van der Waals surface area contributed by atoms with Gasteiger partial charge in [-0.2, -0.15) is 0 Å². The molecule has 6 nitrogen and oxygen atoms in total. The molecule has 1 saturated carbocycles. The Kier molecular flexibility index (Phi) is 6.08. The maximum atomic E-state index is 13.1. The smallest absolute Gasteiger partial charge is 0.317 e. The highest BCUT2D eigenvalue weighted by Crippen LogP contribution is 2.25. The van der Waals surface area contributed by atoms with Crippen LogP contribution in [0.15, 0.2) is 18.2 Å². The highest BCUT2D eigenvalue weighted by atomic mass is 19.2. The molecule has 1 aromatic carbocycles. The second-order valence-corrected chi connectivity index (χ2v) is 5.85. The molecule has 2 amide bonds. The van der Waals surface area contributed by atoms with Gasteiger partial charge in [0.05, 0.1) is 6.54 Å². The van der Waals surface area contributed by atoms with Crippen molar-refractivity contribution in [3.8, 4) is 0 Å². The summed E-state index contributed by atoms with van der Waals surface area (Å²) in [6, 6.07) is 3.22. The van der Waals surface area contributed by atoms with Gasteiger partial charge in [0, 0.05) is 18.6 Å². The summed E-state index contributed by atoms with van der Waals surface area (Å²) in [4.78, 5) is 24.4. The summed E-state index contributed by atoms with van der Waals surface area (Å²) in [5.41, 5.74) is 0.467. The van der Waals surface area contributed by atoms with Gasteiger partial charge in [0.2, 0.25) is 0 Å². The van der Waals surface area contributed by atoms with Crippen molar-refractivity contribution in [1.82, 2.24) is 15.5 Å². The summed E-state index contributed by atoms with van der Waals surface area (Å²) < 4.78 is 25.9. The molecule has 0 unspecified atom stereocenters. The van der Waals surface area contributed by atoms with Crippen LogP contribution in [0, 0.1) is 11.6 Å². The first-order chi connectivity index (χ1) is 11.4. The van der Waals surface area contributed by atoms with Crippen LogP contribution in [-0.2, 0) is 11.3 Å². The van der Waals surface area contributed by atoms with Crippen molar-refractivity contribution in [2.24, 2.45) is 0 Å². The van der Waals surface area contributed by atoms with E-state index in [9.17, 15) is 18.4 Å². The maximum absolute atomic E-state index is 13.1. The third-order valence-electron chi connectivity index (χ3n) is 4.15. The molecule has 0 aromatic heterocycles. The first kappa shape index (κ1) is 18.1. The number of benzene rings is 1. The molecule has 0 radical (unpaired) electrons. The molecular weight excluding hydrogens is 320 g/mol. The normalized spacial score (nSPS) is 19.7. The van der Waals surface area contributed by atoms with Crippen LogP contribution in [0.5, 0.6) is 0 Å². The molecule has 0 bridgehead atoms. The molecule has 1 aliphatic rings. The van der Waals surface area contributed by atoms with Gasteiger partial charge in [-0.15, -0.1) is 0 Å². The summed E-state index contributed by atoms with van der Waals surface area (Å²) in [5.74, 6) is -2.74. The van der Waals surface area contributed by atoms with Crippen molar-refractivity contribution < 1.29 is 23.5 Å². The average molecular weight is 341 g/mol. The first-order valence-electron chi connectivity index (χ1n) is 7.83. The molecule has 2 rings (SSSR count). The summed E-state index contributed by atoms with van der Waals surface area (Å²) in [6.45, 7) is 2.64. The number of hydrogen-bond acceptors (Lipinski definition) is 3. The van der Waals surface area contributed by atoms with Gasteiger partial charge >= 0.3 is 12.0 Å². The first-order valence-corrected chi connectivity index (χ1v) is 7.83. The van der Waals surface area contributed by atoms with Crippen LogP contribution in [0.1, 0.15) is 25.3 Å². The second kappa shape index (κ2) is 8.05. The zero-order valence-corrected chi connectivity index (χ0v) is 13.4. The van der Waals surface area contributed by atoms with Crippen molar-refractivity contribution in [1.29, 1.82) is 0 Å². The third kappa shape index (κ3) is 4.89. The SMILES string of the molecule is CCN(CC(=O)O)C1CC(NC(=O)NCc2ccc(F)c(F)c2)C1. The Labute approximate surface area is 138 Å². The molecule has 3 N–H and O–H groups in total. The monoisotopic (exact) mass is 341 g/mol. The number of carbonyl (C=O) groups is 2. The van der Waals surface area contributed by atoms with E-state index in [0.717, 1.165) is 12.1 Å². The lowest BCUT2D eigenvalue weighted by molar-refractivity contribution is -0.139. The average Bonchev–Trinajstić information content (AvgIpc) is 2.49. The zero-order valence-electron chi connectivity index (χ0n) is 13.4. The molecule has 1 fully saturated rings. The molecule has 0 spiro atoms. The molecule has 0 aliphatic heterocycles. The standard InChI is InChI=1S/C16H21F2N3O3/c1-2-21(9-15(22)23)12-6-11(7-12)20-16(24)19-8-10-3-4-13(17)14(18)5-10/h3-5,11-12H,2,6-9H2,1H3,(H,22,23)(H2,19,20,24). The van der Waals surface area contributed by atoms with E-state index in [-0.39, 0.29) is 31.2 Å². The van der Waals surface area contributed by atoms with E-state index in [1.807, 2.05) is 11.8 Å². The number of hydrogen-bond donors (Lipinski definition) is 3. The number of carbonyl (C=O) groups excluding carboxylic acids is 1. The molecule has 0 saturated heterocycles. The largest absolute Gasteiger partial charge is 0.480 e. The Morgan fingerprint density at radius 1 is 1.29 bits per heavy atom. The van der Waals surface area contributed by atoms with Gasteiger partial charge < -0.3 is 15.7 Å². The minimum atomic E-state index is -0.949. The molecule has 1 aliphatic carbocycles. The fourth-order valence-electron chi connectivity index (χ4n) is 2.75. The van der Waals surface area contributed by atoms with Crippen molar-refractivity contribution in [2.75, 3.05) is 13.1 Å². The number of carboxylic acid groups (broad SMARTS) is 1. The van der Waals surface area contributed by atoms with E-state index in [1.165, 1.54) is 6.07 Å². The molecule has 1 aromatic rings. The van der Waals surface area contributed by atoms with Crippen LogP contribution >= 0.6 is 0 Å². The van der Waals surface area contributed by atoms with Gasteiger partial charge in [0.1, 0.15) is 0 Å². The number of rotatable bonds is 7. The van der Waals surface area contributed by atoms with E-state index in [1.54, 1.807) is 0 Å². The van der Waals surface area contributed by atoms with E-state index in [2.05, 4.69) is 10.6 Å². The van der Waals surface area contributed by atoms with E-state index in [4.69, 9.17) is 5.11 Å². The minimum absolute atomic E-state index is 0.00376. The predicted molar refractivity (Wildman–Crippen MR) is 83.4 cm³/mol. The lowest BCUT2D eigenvalue weighted by Crippen LogP contribution is -2.56. The molecule has 8 heteroatoms. The quantitative estimate of drug-likeness (QED) is 0.705. The highest BCUT2D eigenvalue weighted by Gasteiger charge is 2.34. The van der Waals surface area contributed by atoms with E-state index < -0.39 is 17.6 Å². The Bertz CT molecular complexity index is 606. The summed E-state index contributed by atoms with van der Waals surface area (Å²) in [7, 11) is 0. The molecule has 24 heavy (non-hydrogen) atoms. The van der Waals surface area contributed by atoms with Crippen LogP contribution in [0.2, 0.25) is 0 Å². The molecular formula is C16H21F2N3O3. The molecule has 0 heterocycles. The van der Waals surface area contributed by atoms with Gasteiger partial charge in [-0.3, -0.25) is 9.69 Å². The fourth-order valence-corrected chi connectivity index (χ4v) is 2.75. The van der Waals surface area contributed by atoms with Gasteiger partial charge in [-0.05, 0) is 37.1 Å². The van der Waals surface area contributed by atoms with Gasteiger partial charge in [0.15, 0.2) is 11.6 Å². The van der Waals surface area contributed by atoms with Crippen molar-refractivity contribution >= 4 is 12.0 Å². The Morgan fingerprint density at radius 2 is 2.00 bits per heavy atom. The number of nitrogens with one attached hydrogen (secondary N) is 2. The molecule has 0 atom stereocenters. The van der Waals surface area contributed by atoms with Crippen LogP contribution in [-0.4, -0.2) is 47.2 Å². The zero-order chi connectivity index (χ0) is 17.7. The Morgan fingerprint density at radius 3 is 2.58 bits per heavy atom. The van der Waals surface area contributed by atoms with Gasteiger partial charge in [-0.1, -0.05) is 13.0 Å². The highest BCUT2D eigenvalue weighted by molar-refractivity contribution is 5.74. The number of nitrogens with zero attached hydrogens (tertiary/aromatic N) is 1. The number of likely N-dealkylation sites (N-methyl/N-ethyl adjacent to an activating group) is 1. The fraction of sp³-hybridized carbons (Fsp3) is 0.500. The number of urea groups is 1. The van der Waals surface area contributed by atoms with Gasteiger partial charge in [0.25, 0.3) is 0 Å². The topological polar surface area (TPSA) is 81.7 Å². The van der Waals surface area contributed by atoms with E-state index in [0.29, 0.717) is 24.9 Å². The third-order valence-corrected chi connectivity index (χ3v) is 4.15. The van der Waals surface area contributed by atoms with E-state index >= 15 is 0 Å². The summed E-state index contributed by atoms with van der Waals surface area (Å²) >= 11 is 0. The Balaban J connectivity index is 1.70. The Hall–Kier alpha value is -2.22. The van der Waals surface area contributed by atoms with Crippen LogP contribution < -0.4 is 10.6 Å².